The van der Waals surface area contributed by atoms with Crippen LogP contribution in [0.2, 0.25) is 0 Å². The summed E-state index contributed by atoms with van der Waals surface area (Å²) in [6, 6.07) is 7.74. The van der Waals surface area contributed by atoms with Crippen LogP contribution in [0.3, 0.4) is 0 Å². The molecule has 2 heterocycles. The van der Waals surface area contributed by atoms with Crippen molar-refractivity contribution in [1.82, 2.24) is 9.80 Å². The molecule has 2 saturated heterocycles. The van der Waals surface area contributed by atoms with Crippen molar-refractivity contribution in [1.29, 1.82) is 0 Å². The highest BCUT2D eigenvalue weighted by Gasteiger charge is 2.44. The van der Waals surface area contributed by atoms with Gasteiger partial charge in [0.15, 0.2) is 0 Å². The molecule has 22 heavy (non-hydrogen) atoms. The Labute approximate surface area is 132 Å². The smallest absolute Gasteiger partial charge is 0.254 e. The van der Waals surface area contributed by atoms with Gasteiger partial charge in [0.1, 0.15) is 0 Å². The van der Waals surface area contributed by atoms with E-state index in [-0.39, 0.29) is 17.4 Å². The Hall–Kier alpha value is -1.84. The van der Waals surface area contributed by atoms with Gasteiger partial charge in [-0.05, 0) is 44.2 Å². The molecule has 0 aliphatic carbocycles. The largest absolute Gasteiger partial charge is 0.338 e. The fourth-order valence-electron chi connectivity index (χ4n) is 3.92. The monoisotopic (exact) mass is 300 g/mol. The van der Waals surface area contributed by atoms with Crippen molar-refractivity contribution < 1.29 is 9.59 Å². The Bertz CT molecular complexity index is 595. The number of benzene rings is 1. The van der Waals surface area contributed by atoms with Crippen molar-refractivity contribution in [2.24, 2.45) is 0 Å². The highest BCUT2D eigenvalue weighted by molar-refractivity contribution is 5.95. The number of piperidine rings is 2. The van der Waals surface area contributed by atoms with E-state index in [1.54, 1.807) is 0 Å². The van der Waals surface area contributed by atoms with Crippen LogP contribution in [0.4, 0.5) is 0 Å². The zero-order chi connectivity index (χ0) is 15.7. The van der Waals surface area contributed by atoms with Crippen LogP contribution in [0.25, 0.3) is 0 Å². The normalized spacial score (nSPS) is 25.6. The molecule has 1 aromatic rings. The summed E-state index contributed by atoms with van der Waals surface area (Å²) >= 11 is 0. The van der Waals surface area contributed by atoms with Crippen LogP contribution in [0.5, 0.6) is 0 Å². The summed E-state index contributed by atoms with van der Waals surface area (Å²) in [5.74, 6) is 0.319. The minimum Gasteiger partial charge on any atom is -0.338 e. The third-order valence-electron chi connectivity index (χ3n) is 5.34. The number of nitrogens with zero attached hydrogens (tertiary/aromatic N) is 2. The first-order valence-electron chi connectivity index (χ1n) is 8.15. The van der Waals surface area contributed by atoms with Crippen LogP contribution in [0, 0.1) is 6.92 Å². The van der Waals surface area contributed by atoms with E-state index in [1.165, 1.54) is 0 Å². The van der Waals surface area contributed by atoms with Gasteiger partial charge in [0.05, 0.1) is 5.54 Å². The lowest BCUT2D eigenvalue weighted by Crippen LogP contribution is -2.61. The number of hydrogen-bond acceptors (Lipinski definition) is 2. The Morgan fingerprint density at radius 2 is 1.91 bits per heavy atom. The van der Waals surface area contributed by atoms with Crippen LogP contribution in [-0.2, 0) is 4.79 Å². The van der Waals surface area contributed by atoms with E-state index in [1.807, 2.05) is 48.0 Å². The summed E-state index contributed by atoms with van der Waals surface area (Å²) in [6.45, 7) is 3.43. The maximum atomic E-state index is 12.9. The molecule has 2 amide bonds. The maximum Gasteiger partial charge on any atom is 0.254 e. The van der Waals surface area contributed by atoms with Gasteiger partial charge < -0.3 is 9.80 Å². The van der Waals surface area contributed by atoms with Gasteiger partial charge in [-0.3, -0.25) is 9.59 Å². The van der Waals surface area contributed by atoms with Crippen molar-refractivity contribution in [3.8, 4) is 0 Å². The quantitative estimate of drug-likeness (QED) is 0.800. The van der Waals surface area contributed by atoms with Crippen molar-refractivity contribution in [2.45, 2.75) is 44.6 Å². The SMILES string of the molecule is Cc1ccccc1C(=O)N1CCCC2(CCCC(=O)N2C)C1. The number of carbonyl (C=O) groups excluding carboxylic acids is 2. The molecule has 0 saturated carbocycles. The molecule has 0 aromatic heterocycles. The summed E-state index contributed by atoms with van der Waals surface area (Å²) in [4.78, 5) is 28.8. The summed E-state index contributed by atoms with van der Waals surface area (Å²) in [6.07, 6.45) is 4.56. The summed E-state index contributed by atoms with van der Waals surface area (Å²) in [5, 5.41) is 0. The highest BCUT2D eigenvalue weighted by Crippen LogP contribution is 2.36. The standard InChI is InChI=1S/C18H24N2O2/c1-14-7-3-4-8-15(14)17(22)20-12-6-11-18(13-20)10-5-9-16(21)19(18)2/h3-4,7-8H,5-6,9-13H2,1-2H3. The maximum absolute atomic E-state index is 12.9. The summed E-state index contributed by atoms with van der Waals surface area (Å²) in [5.41, 5.74) is 1.65. The Kier molecular flexibility index (Phi) is 3.94. The minimum atomic E-state index is -0.147. The predicted octanol–water partition coefficient (Wildman–Crippen LogP) is 2.61. The molecule has 118 valence electrons. The number of carbonyl (C=O) groups is 2. The van der Waals surface area contributed by atoms with E-state index < -0.39 is 0 Å². The molecule has 0 bridgehead atoms. The molecule has 1 spiro atoms. The lowest BCUT2D eigenvalue weighted by molar-refractivity contribution is -0.142. The molecule has 4 nitrogen and oxygen atoms in total. The predicted molar refractivity (Wildman–Crippen MR) is 85.7 cm³/mol. The second kappa shape index (κ2) is 5.75. The molecular weight excluding hydrogens is 276 g/mol. The van der Waals surface area contributed by atoms with Gasteiger partial charge in [0.2, 0.25) is 5.91 Å². The molecule has 0 radical (unpaired) electrons. The minimum absolute atomic E-state index is 0.101. The third kappa shape index (κ3) is 2.51. The van der Waals surface area contributed by atoms with Gasteiger partial charge >= 0.3 is 0 Å². The first-order chi connectivity index (χ1) is 10.5. The zero-order valence-corrected chi connectivity index (χ0v) is 13.5. The van der Waals surface area contributed by atoms with Crippen LogP contribution in [0.1, 0.15) is 48.0 Å². The Morgan fingerprint density at radius 1 is 1.18 bits per heavy atom. The molecule has 2 fully saturated rings. The van der Waals surface area contributed by atoms with Gasteiger partial charge in [-0.2, -0.15) is 0 Å². The molecule has 2 aliphatic heterocycles. The second-order valence-electron chi connectivity index (χ2n) is 6.68. The molecule has 0 N–H and O–H groups in total. The topological polar surface area (TPSA) is 40.6 Å². The molecule has 4 heteroatoms. The average molecular weight is 300 g/mol. The van der Waals surface area contributed by atoms with Gasteiger partial charge in [0, 0.05) is 32.1 Å². The van der Waals surface area contributed by atoms with E-state index in [9.17, 15) is 9.59 Å². The van der Waals surface area contributed by atoms with E-state index >= 15 is 0 Å². The van der Waals surface area contributed by atoms with Crippen molar-refractivity contribution in [3.63, 3.8) is 0 Å². The molecule has 2 aliphatic rings. The lowest BCUT2D eigenvalue weighted by atomic mass is 9.79. The molecule has 3 rings (SSSR count). The fourth-order valence-corrected chi connectivity index (χ4v) is 3.92. The Morgan fingerprint density at radius 3 is 2.68 bits per heavy atom. The summed E-state index contributed by atoms with van der Waals surface area (Å²) < 4.78 is 0. The molecule has 1 aromatic carbocycles. The van der Waals surface area contributed by atoms with Crippen molar-refractivity contribution >= 4 is 11.8 Å². The average Bonchev–Trinajstić information content (AvgIpc) is 2.53. The number of likely N-dealkylation sites (N-methyl/N-ethyl adjacent to an activating group) is 1. The van der Waals surface area contributed by atoms with Crippen molar-refractivity contribution in [3.05, 3.63) is 35.4 Å². The van der Waals surface area contributed by atoms with Gasteiger partial charge in [-0.1, -0.05) is 18.2 Å². The number of amides is 2. The van der Waals surface area contributed by atoms with Crippen LogP contribution in [0.15, 0.2) is 24.3 Å². The number of hydrogen-bond donors (Lipinski definition) is 0. The summed E-state index contributed by atoms with van der Waals surface area (Å²) in [7, 11) is 1.91. The molecular formula is C18H24N2O2. The first-order valence-corrected chi connectivity index (χ1v) is 8.15. The van der Waals surface area contributed by atoms with Gasteiger partial charge in [-0.15, -0.1) is 0 Å². The second-order valence-corrected chi connectivity index (χ2v) is 6.68. The molecule has 1 atom stereocenters. The van der Waals surface area contributed by atoms with E-state index in [0.717, 1.165) is 43.4 Å². The van der Waals surface area contributed by atoms with E-state index in [2.05, 4.69) is 0 Å². The third-order valence-corrected chi connectivity index (χ3v) is 5.34. The number of aryl methyl sites for hydroxylation is 1. The van der Waals surface area contributed by atoms with E-state index in [0.29, 0.717) is 13.0 Å². The van der Waals surface area contributed by atoms with Gasteiger partial charge in [-0.25, -0.2) is 0 Å². The van der Waals surface area contributed by atoms with E-state index in [4.69, 9.17) is 0 Å². The van der Waals surface area contributed by atoms with Crippen LogP contribution >= 0.6 is 0 Å². The number of rotatable bonds is 1. The van der Waals surface area contributed by atoms with Crippen LogP contribution in [-0.4, -0.2) is 47.3 Å². The van der Waals surface area contributed by atoms with Gasteiger partial charge in [0.25, 0.3) is 5.91 Å². The fraction of sp³-hybridized carbons (Fsp3) is 0.556. The first kappa shape index (κ1) is 15.1. The lowest BCUT2D eigenvalue weighted by Gasteiger charge is -2.50. The number of likely N-dealkylation sites (tertiary alicyclic amines) is 2. The highest BCUT2D eigenvalue weighted by atomic mass is 16.2. The Balaban J connectivity index is 1.83. The van der Waals surface area contributed by atoms with Crippen molar-refractivity contribution in [2.75, 3.05) is 20.1 Å². The zero-order valence-electron chi connectivity index (χ0n) is 13.5. The van der Waals surface area contributed by atoms with Crippen LogP contribution < -0.4 is 0 Å². The molecule has 1 unspecified atom stereocenters.